The summed E-state index contributed by atoms with van der Waals surface area (Å²) in [5.74, 6) is 0.0875. The Bertz CT molecular complexity index is 825. The molecule has 0 fully saturated rings. The normalized spacial score (nSPS) is 12.4. The number of ether oxygens (including phenoxy) is 3. The third kappa shape index (κ3) is 6.09. The summed E-state index contributed by atoms with van der Waals surface area (Å²) in [5, 5.41) is 0. The maximum absolute atomic E-state index is 13.0. The zero-order valence-electron chi connectivity index (χ0n) is 16.7. The van der Waals surface area contributed by atoms with Gasteiger partial charge in [-0.1, -0.05) is 60.1 Å². The summed E-state index contributed by atoms with van der Waals surface area (Å²) in [6.45, 7) is 9.26. The van der Waals surface area contributed by atoms with E-state index < -0.39 is 17.7 Å². The maximum Gasteiger partial charge on any atom is 0.514 e. The van der Waals surface area contributed by atoms with Crippen molar-refractivity contribution in [3.8, 4) is 11.5 Å². The number of esters is 1. The summed E-state index contributed by atoms with van der Waals surface area (Å²) in [6, 6.07) is 13.8. The van der Waals surface area contributed by atoms with Gasteiger partial charge in [0.15, 0.2) is 0 Å². The summed E-state index contributed by atoms with van der Waals surface area (Å²) in [4.78, 5) is 25.0. The maximum atomic E-state index is 13.0. The fraction of sp³-hybridized carbons (Fsp3) is 0.364. The Morgan fingerprint density at radius 1 is 0.929 bits per heavy atom. The van der Waals surface area contributed by atoms with Crippen LogP contribution in [0.1, 0.15) is 55.4 Å². The molecule has 2 aromatic rings. The highest BCUT2D eigenvalue weighted by atomic mass is 79.9. The number of para-hydroxylation sites is 1. The first kappa shape index (κ1) is 22.0. The molecule has 0 bridgehead atoms. The predicted octanol–water partition coefficient (Wildman–Crippen LogP) is 6.31. The molecule has 1 unspecified atom stereocenters. The van der Waals surface area contributed by atoms with Gasteiger partial charge in [-0.2, -0.15) is 0 Å². The number of hydrogen-bond donors (Lipinski definition) is 0. The molecule has 150 valence electrons. The van der Waals surface area contributed by atoms with Crippen molar-refractivity contribution in [2.24, 2.45) is 5.92 Å². The standard InChI is InChI=1S/C22H25BrO5/c1-14(2)19(23)16-12-9-13-17(27-21(25)28-22(3,4)5)18(16)20(24)26-15-10-7-6-8-11-15/h6-14,19H,1-5H3. The molecule has 0 aliphatic rings. The molecule has 1 atom stereocenters. The largest absolute Gasteiger partial charge is 0.514 e. The van der Waals surface area contributed by atoms with Crippen molar-refractivity contribution in [1.82, 2.24) is 0 Å². The van der Waals surface area contributed by atoms with Crippen molar-refractivity contribution in [2.45, 2.75) is 45.0 Å². The Hall–Kier alpha value is -2.34. The smallest absolute Gasteiger partial charge is 0.428 e. The minimum absolute atomic E-state index is 0.0952. The van der Waals surface area contributed by atoms with E-state index in [1.807, 2.05) is 26.0 Å². The van der Waals surface area contributed by atoms with Gasteiger partial charge in [-0.3, -0.25) is 0 Å². The van der Waals surface area contributed by atoms with E-state index in [4.69, 9.17) is 14.2 Å². The second kappa shape index (κ2) is 9.24. The molecule has 0 heterocycles. The number of benzene rings is 2. The third-order valence-electron chi connectivity index (χ3n) is 3.68. The van der Waals surface area contributed by atoms with Crippen LogP contribution < -0.4 is 9.47 Å². The SMILES string of the molecule is CC(C)C(Br)c1cccc(OC(=O)OC(C)(C)C)c1C(=O)Oc1ccccc1. The summed E-state index contributed by atoms with van der Waals surface area (Å²) in [5.41, 5.74) is 0.153. The Morgan fingerprint density at radius 3 is 2.14 bits per heavy atom. The van der Waals surface area contributed by atoms with E-state index in [1.165, 1.54) is 0 Å². The van der Waals surface area contributed by atoms with Crippen LogP contribution >= 0.6 is 15.9 Å². The number of rotatable bonds is 5. The Balaban J connectivity index is 2.42. The van der Waals surface area contributed by atoms with Crippen LogP contribution in [0.5, 0.6) is 11.5 Å². The molecule has 0 saturated carbocycles. The van der Waals surface area contributed by atoms with E-state index in [9.17, 15) is 9.59 Å². The molecule has 0 radical (unpaired) electrons. The molecule has 0 aliphatic heterocycles. The molecule has 0 N–H and O–H groups in total. The first-order valence-corrected chi connectivity index (χ1v) is 9.95. The van der Waals surface area contributed by atoms with Gasteiger partial charge in [0.2, 0.25) is 0 Å². The Kier molecular flexibility index (Phi) is 7.24. The van der Waals surface area contributed by atoms with Crippen LogP contribution in [0.4, 0.5) is 4.79 Å². The lowest BCUT2D eigenvalue weighted by Gasteiger charge is -2.21. The van der Waals surface area contributed by atoms with Gasteiger partial charge in [0, 0.05) is 4.83 Å². The average molecular weight is 449 g/mol. The summed E-state index contributed by atoms with van der Waals surface area (Å²) < 4.78 is 16.1. The number of hydrogen-bond acceptors (Lipinski definition) is 5. The van der Waals surface area contributed by atoms with Crippen molar-refractivity contribution in [2.75, 3.05) is 0 Å². The third-order valence-corrected chi connectivity index (χ3v) is 5.23. The van der Waals surface area contributed by atoms with Gasteiger partial charge in [-0.05, 0) is 50.5 Å². The van der Waals surface area contributed by atoms with Gasteiger partial charge in [0.1, 0.15) is 22.7 Å². The molecule has 0 aromatic heterocycles. The Labute approximate surface area is 174 Å². The van der Waals surface area contributed by atoms with Crippen molar-refractivity contribution < 1.29 is 23.8 Å². The lowest BCUT2D eigenvalue weighted by Crippen LogP contribution is -2.27. The lowest BCUT2D eigenvalue weighted by atomic mass is 9.97. The van der Waals surface area contributed by atoms with Gasteiger partial charge >= 0.3 is 12.1 Å². The molecule has 28 heavy (non-hydrogen) atoms. The van der Waals surface area contributed by atoms with Crippen molar-refractivity contribution in [3.63, 3.8) is 0 Å². The molecule has 2 aromatic carbocycles. The zero-order valence-corrected chi connectivity index (χ0v) is 18.3. The molecule has 0 saturated heterocycles. The highest BCUT2D eigenvalue weighted by Gasteiger charge is 2.27. The van der Waals surface area contributed by atoms with E-state index >= 15 is 0 Å². The second-order valence-corrected chi connectivity index (χ2v) is 8.62. The van der Waals surface area contributed by atoms with Crippen LogP contribution in [0.25, 0.3) is 0 Å². The topological polar surface area (TPSA) is 61.8 Å². The van der Waals surface area contributed by atoms with Crippen molar-refractivity contribution in [3.05, 3.63) is 59.7 Å². The Morgan fingerprint density at radius 2 is 1.57 bits per heavy atom. The van der Waals surface area contributed by atoms with Gasteiger partial charge < -0.3 is 14.2 Å². The molecule has 0 spiro atoms. The number of alkyl halides is 1. The molecular formula is C22H25BrO5. The van der Waals surface area contributed by atoms with Crippen LogP contribution in [0.15, 0.2) is 48.5 Å². The van der Waals surface area contributed by atoms with E-state index in [2.05, 4.69) is 15.9 Å². The van der Waals surface area contributed by atoms with E-state index in [0.29, 0.717) is 11.3 Å². The number of halogens is 1. The molecule has 0 aliphatic carbocycles. The van der Waals surface area contributed by atoms with Crippen LogP contribution in [0.3, 0.4) is 0 Å². The summed E-state index contributed by atoms with van der Waals surface area (Å²) >= 11 is 3.62. The van der Waals surface area contributed by atoms with Crippen molar-refractivity contribution in [1.29, 1.82) is 0 Å². The quantitative estimate of drug-likeness (QED) is 0.232. The molecule has 5 nitrogen and oxygen atoms in total. The summed E-state index contributed by atoms with van der Waals surface area (Å²) in [6.07, 6.45) is -0.880. The monoisotopic (exact) mass is 448 g/mol. The lowest BCUT2D eigenvalue weighted by molar-refractivity contribution is 0.0204. The predicted molar refractivity (Wildman–Crippen MR) is 111 cm³/mol. The van der Waals surface area contributed by atoms with Gasteiger partial charge in [-0.15, -0.1) is 0 Å². The minimum atomic E-state index is -0.880. The van der Waals surface area contributed by atoms with Gasteiger partial charge in [0.05, 0.1) is 0 Å². The van der Waals surface area contributed by atoms with Gasteiger partial charge in [0.25, 0.3) is 0 Å². The minimum Gasteiger partial charge on any atom is -0.428 e. The van der Waals surface area contributed by atoms with Crippen LogP contribution in [-0.2, 0) is 4.74 Å². The highest BCUT2D eigenvalue weighted by molar-refractivity contribution is 9.09. The molecule has 6 heteroatoms. The second-order valence-electron chi connectivity index (χ2n) is 7.64. The average Bonchev–Trinajstić information content (AvgIpc) is 2.59. The molecular weight excluding hydrogens is 424 g/mol. The molecule has 0 amide bonds. The van der Waals surface area contributed by atoms with Crippen LogP contribution in [-0.4, -0.2) is 17.7 Å². The first-order chi connectivity index (χ1) is 13.1. The summed E-state index contributed by atoms with van der Waals surface area (Å²) in [7, 11) is 0. The fourth-order valence-corrected chi connectivity index (χ4v) is 2.83. The first-order valence-electron chi connectivity index (χ1n) is 9.03. The van der Waals surface area contributed by atoms with Crippen LogP contribution in [0.2, 0.25) is 0 Å². The fourth-order valence-electron chi connectivity index (χ4n) is 2.45. The number of carbonyl (C=O) groups excluding carboxylic acids is 2. The zero-order chi connectivity index (χ0) is 20.9. The van der Waals surface area contributed by atoms with E-state index in [-0.39, 0.29) is 22.1 Å². The van der Waals surface area contributed by atoms with Crippen molar-refractivity contribution >= 4 is 28.1 Å². The van der Waals surface area contributed by atoms with E-state index in [1.54, 1.807) is 57.2 Å². The van der Waals surface area contributed by atoms with Crippen LogP contribution in [0, 0.1) is 5.92 Å². The molecule has 2 rings (SSSR count). The van der Waals surface area contributed by atoms with Gasteiger partial charge in [-0.25, -0.2) is 9.59 Å². The van der Waals surface area contributed by atoms with E-state index in [0.717, 1.165) is 0 Å². The highest BCUT2D eigenvalue weighted by Crippen LogP contribution is 2.37. The number of carbonyl (C=O) groups is 2.